The molecule has 1 amide bonds. The number of likely N-dealkylation sites (tertiary alicyclic amines) is 1. The molecule has 5 nitrogen and oxygen atoms in total. The number of hydrogen-bond donors (Lipinski definition) is 1. The second kappa shape index (κ2) is 7.86. The van der Waals surface area contributed by atoms with Crippen LogP contribution in [-0.4, -0.2) is 32.3 Å². The number of carbonyl (C=O) groups is 1. The van der Waals surface area contributed by atoms with Crippen LogP contribution < -0.4 is 4.72 Å². The van der Waals surface area contributed by atoms with Crippen LogP contribution in [-0.2, 0) is 10.0 Å². The summed E-state index contributed by atoms with van der Waals surface area (Å²) in [6.07, 6.45) is 3.01. The summed E-state index contributed by atoms with van der Waals surface area (Å²) in [4.78, 5) is 14.4. The first-order valence-electron chi connectivity index (χ1n) is 8.25. The SMILES string of the molecule is O=C(c1ccccc1NS(=O)(=O)c1cccc(Cl)c1Cl)N1CCCCC1. The van der Waals surface area contributed by atoms with Crippen molar-refractivity contribution in [3.63, 3.8) is 0 Å². The van der Waals surface area contributed by atoms with E-state index < -0.39 is 10.0 Å². The molecule has 8 heteroatoms. The van der Waals surface area contributed by atoms with Gasteiger partial charge in [-0.1, -0.05) is 41.4 Å². The summed E-state index contributed by atoms with van der Waals surface area (Å²) in [6, 6.07) is 10.9. The van der Waals surface area contributed by atoms with Crippen LogP contribution in [0.3, 0.4) is 0 Å². The normalized spacial score (nSPS) is 14.9. The van der Waals surface area contributed by atoms with Crippen molar-refractivity contribution in [2.24, 2.45) is 0 Å². The zero-order valence-electron chi connectivity index (χ0n) is 13.9. The fraction of sp³-hybridized carbons (Fsp3) is 0.278. The number of halogens is 2. The van der Waals surface area contributed by atoms with Gasteiger partial charge in [0, 0.05) is 13.1 Å². The van der Waals surface area contributed by atoms with Crippen LogP contribution in [0.15, 0.2) is 47.4 Å². The average Bonchev–Trinajstić information content (AvgIpc) is 2.64. The number of para-hydroxylation sites is 1. The fourth-order valence-corrected chi connectivity index (χ4v) is 4.76. The number of carbonyl (C=O) groups excluding carboxylic acids is 1. The third-order valence-corrected chi connectivity index (χ3v) is 6.59. The van der Waals surface area contributed by atoms with E-state index in [0.717, 1.165) is 19.3 Å². The molecule has 2 aromatic carbocycles. The van der Waals surface area contributed by atoms with Gasteiger partial charge in [0.05, 0.1) is 21.3 Å². The third kappa shape index (κ3) is 3.98. The molecule has 1 aliphatic heterocycles. The van der Waals surface area contributed by atoms with E-state index in [-0.39, 0.29) is 26.5 Å². The summed E-state index contributed by atoms with van der Waals surface area (Å²) in [5.41, 5.74) is 0.537. The standard InChI is InChI=1S/C18H18Cl2N2O3S/c19-14-8-6-10-16(17(14)20)26(24,25)21-15-9-3-2-7-13(15)18(23)22-11-4-1-5-12-22/h2-3,6-10,21H,1,4-5,11-12H2. The van der Waals surface area contributed by atoms with Crippen LogP contribution in [0.2, 0.25) is 10.0 Å². The number of amides is 1. The summed E-state index contributed by atoms with van der Waals surface area (Å²) in [5.74, 6) is -0.180. The van der Waals surface area contributed by atoms with Crippen LogP contribution in [0.5, 0.6) is 0 Å². The first-order chi connectivity index (χ1) is 12.4. The van der Waals surface area contributed by atoms with Crippen molar-refractivity contribution in [3.05, 3.63) is 58.1 Å². The van der Waals surface area contributed by atoms with Gasteiger partial charge in [-0.25, -0.2) is 8.42 Å². The Balaban J connectivity index is 1.93. The van der Waals surface area contributed by atoms with Crippen molar-refractivity contribution in [1.29, 1.82) is 0 Å². The molecule has 1 saturated heterocycles. The minimum atomic E-state index is -3.99. The van der Waals surface area contributed by atoms with E-state index in [1.165, 1.54) is 18.2 Å². The summed E-state index contributed by atoms with van der Waals surface area (Å²) in [7, 11) is -3.99. The molecule has 1 heterocycles. The highest BCUT2D eigenvalue weighted by atomic mass is 35.5. The zero-order valence-corrected chi connectivity index (χ0v) is 16.2. The number of rotatable bonds is 4. The molecular formula is C18H18Cl2N2O3S. The van der Waals surface area contributed by atoms with Crippen molar-refractivity contribution >= 4 is 44.8 Å². The van der Waals surface area contributed by atoms with Crippen molar-refractivity contribution in [3.8, 4) is 0 Å². The van der Waals surface area contributed by atoms with Gasteiger partial charge in [0.25, 0.3) is 15.9 Å². The molecule has 0 bridgehead atoms. The topological polar surface area (TPSA) is 66.5 Å². The number of hydrogen-bond acceptors (Lipinski definition) is 3. The first-order valence-corrected chi connectivity index (χ1v) is 10.5. The molecule has 1 fully saturated rings. The number of sulfonamides is 1. The summed E-state index contributed by atoms with van der Waals surface area (Å²) in [5, 5.41) is 0.0914. The molecule has 0 saturated carbocycles. The molecule has 0 radical (unpaired) electrons. The van der Waals surface area contributed by atoms with Crippen LogP contribution in [0, 0.1) is 0 Å². The van der Waals surface area contributed by atoms with Crippen LogP contribution in [0.4, 0.5) is 5.69 Å². The lowest BCUT2D eigenvalue weighted by Gasteiger charge is -2.27. The van der Waals surface area contributed by atoms with Gasteiger partial charge in [0.2, 0.25) is 0 Å². The number of nitrogens with one attached hydrogen (secondary N) is 1. The second-order valence-corrected chi connectivity index (χ2v) is 8.49. The predicted octanol–water partition coefficient (Wildman–Crippen LogP) is 4.42. The first kappa shape index (κ1) is 19.0. The summed E-state index contributed by atoms with van der Waals surface area (Å²) in [6.45, 7) is 1.36. The lowest BCUT2D eigenvalue weighted by atomic mass is 10.1. The Kier molecular flexibility index (Phi) is 5.75. The molecule has 1 N–H and O–H groups in total. The molecule has 0 unspecified atom stereocenters. The number of piperidine rings is 1. The molecule has 2 aromatic rings. The van der Waals surface area contributed by atoms with E-state index in [1.807, 2.05) is 0 Å². The molecule has 1 aliphatic rings. The van der Waals surface area contributed by atoms with Gasteiger partial charge >= 0.3 is 0 Å². The van der Waals surface area contributed by atoms with Gasteiger partial charge in [-0.3, -0.25) is 9.52 Å². The van der Waals surface area contributed by atoms with Gasteiger partial charge in [-0.2, -0.15) is 0 Å². The number of benzene rings is 2. The van der Waals surface area contributed by atoms with E-state index in [2.05, 4.69) is 4.72 Å². The van der Waals surface area contributed by atoms with Crippen molar-refractivity contribution < 1.29 is 13.2 Å². The molecule has 0 spiro atoms. The minimum absolute atomic E-state index is 0.0542. The van der Waals surface area contributed by atoms with E-state index in [0.29, 0.717) is 18.7 Å². The van der Waals surface area contributed by atoms with Crippen LogP contribution in [0.25, 0.3) is 0 Å². The Labute approximate surface area is 163 Å². The van der Waals surface area contributed by atoms with Crippen LogP contribution >= 0.6 is 23.2 Å². The molecule has 3 rings (SSSR count). The van der Waals surface area contributed by atoms with E-state index in [9.17, 15) is 13.2 Å². The van der Waals surface area contributed by atoms with Gasteiger partial charge in [-0.05, 0) is 43.5 Å². The van der Waals surface area contributed by atoms with E-state index >= 15 is 0 Å². The van der Waals surface area contributed by atoms with Gasteiger partial charge in [0.1, 0.15) is 4.90 Å². The van der Waals surface area contributed by atoms with E-state index in [4.69, 9.17) is 23.2 Å². The Morgan fingerprint density at radius 2 is 1.65 bits per heavy atom. The highest BCUT2D eigenvalue weighted by Crippen LogP contribution is 2.31. The average molecular weight is 413 g/mol. The Morgan fingerprint density at radius 1 is 0.962 bits per heavy atom. The molecule has 0 atom stereocenters. The highest BCUT2D eigenvalue weighted by molar-refractivity contribution is 7.92. The fourth-order valence-electron chi connectivity index (χ4n) is 2.92. The maximum absolute atomic E-state index is 12.8. The zero-order chi connectivity index (χ0) is 18.7. The Bertz CT molecular complexity index is 926. The predicted molar refractivity (Wildman–Crippen MR) is 103 cm³/mol. The summed E-state index contributed by atoms with van der Waals surface area (Å²) >= 11 is 12.0. The number of anilines is 1. The lowest BCUT2D eigenvalue weighted by molar-refractivity contribution is 0.0725. The molecule has 0 aliphatic carbocycles. The third-order valence-electron chi connectivity index (χ3n) is 4.25. The highest BCUT2D eigenvalue weighted by Gasteiger charge is 2.24. The lowest BCUT2D eigenvalue weighted by Crippen LogP contribution is -2.36. The quantitative estimate of drug-likeness (QED) is 0.807. The minimum Gasteiger partial charge on any atom is -0.339 e. The van der Waals surface area contributed by atoms with Gasteiger partial charge in [-0.15, -0.1) is 0 Å². The Morgan fingerprint density at radius 3 is 2.38 bits per heavy atom. The largest absolute Gasteiger partial charge is 0.339 e. The smallest absolute Gasteiger partial charge is 0.263 e. The van der Waals surface area contributed by atoms with Crippen molar-refractivity contribution in [2.45, 2.75) is 24.2 Å². The number of nitrogens with zero attached hydrogens (tertiary/aromatic N) is 1. The van der Waals surface area contributed by atoms with Crippen molar-refractivity contribution in [1.82, 2.24) is 4.90 Å². The van der Waals surface area contributed by atoms with Gasteiger partial charge < -0.3 is 4.90 Å². The Hall–Kier alpha value is -1.76. The monoisotopic (exact) mass is 412 g/mol. The van der Waals surface area contributed by atoms with E-state index in [1.54, 1.807) is 29.2 Å². The second-order valence-electron chi connectivity index (χ2n) is 6.06. The molecular weight excluding hydrogens is 395 g/mol. The maximum atomic E-state index is 12.8. The molecule has 0 aromatic heterocycles. The maximum Gasteiger partial charge on any atom is 0.263 e. The molecule has 26 heavy (non-hydrogen) atoms. The molecule has 138 valence electrons. The van der Waals surface area contributed by atoms with Gasteiger partial charge in [0.15, 0.2) is 0 Å². The summed E-state index contributed by atoms with van der Waals surface area (Å²) < 4.78 is 28.0. The van der Waals surface area contributed by atoms with Crippen LogP contribution in [0.1, 0.15) is 29.6 Å². The van der Waals surface area contributed by atoms with Crippen molar-refractivity contribution in [2.75, 3.05) is 17.8 Å².